The maximum absolute atomic E-state index is 13.8. The van der Waals surface area contributed by atoms with Crippen molar-refractivity contribution >= 4 is 22.7 Å². The molecule has 0 spiro atoms. The van der Waals surface area contributed by atoms with Crippen LogP contribution >= 0.6 is 0 Å². The number of nitrogens with one attached hydrogen (secondary N) is 2. The number of amides is 2. The van der Waals surface area contributed by atoms with E-state index in [-0.39, 0.29) is 24.3 Å². The summed E-state index contributed by atoms with van der Waals surface area (Å²) in [5, 5.41) is 4.52. The van der Waals surface area contributed by atoms with E-state index in [1.165, 1.54) is 10.9 Å². The fourth-order valence-electron chi connectivity index (χ4n) is 5.77. The molecule has 1 aromatic heterocycles. The number of rotatable bonds is 13. The number of aromatic nitrogens is 1. The number of carbonyl (C=O) groups is 2. The van der Waals surface area contributed by atoms with E-state index in [4.69, 9.17) is 14.2 Å². The monoisotopic (exact) mass is 628 g/mol. The van der Waals surface area contributed by atoms with Crippen LogP contribution in [0.25, 0.3) is 10.9 Å². The highest BCUT2D eigenvalue weighted by Gasteiger charge is 2.23. The van der Waals surface area contributed by atoms with Crippen LogP contribution in [0.15, 0.2) is 79.0 Å². The third kappa shape index (κ3) is 9.34. The van der Waals surface area contributed by atoms with Crippen molar-refractivity contribution in [2.75, 3.05) is 60.2 Å². The van der Waals surface area contributed by atoms with E-state index in [1.54, 1.807) is 31.4 Å². The minimum atomic E-state index is -0.124. The minimum absolute atomic E-state index is 0.0214. The Morgan fingerprint density at radius 2 is 1.74 bits per heavy atom. The second-order valence-electron chi connectivity index (χ2n) is 11.1. The molecule has 2 heterocycles. The van der Waals surface area contributed by atoms with E-state index < -0.39 is 0 Å². The first-order valence-electron chi connectivity index (χ1n) is 16.2. The predicted molar refractivity (Wildman–Crippen MR) is 182 cm³/mol. The lowest BCUT2D eigenvalue weighted by molar-refractivity contribution is -0.134. The lowest BCUT2D eigenvalue weighted by Crippen LogP contribution is -2.41. The Morgan fingerprint density at radius 1 is 0.978 bits per heavy atom. The number of hydrogen-bond donors (Lipinski definition) is 2. The number of hydrogen-bond acceptors (Lipinski definition) is 6. The summed E-state index contributed by atoms with van der Waals surface area (Å²) in [7, 11) is 3.58. The number of H-pyrrole nitrogens is 1. The van der Waals surface area contributed by atoms with Gasteiger partial charge >= 0.3 is 0 Å². The number of ether oxygens (including phenoxy) is 3. The highest BCUT2D eigenvalue weighted by molar-refractivity contribution is 5.94. The molecule has 9 heteroatoms. The summed E-state index contributed by atoms with van der Waals surface area (Å²) in [4.78, 5) is 33.7. The molecule has 1 unspecified atom stereocenters. The minimum Gasteiger partial charge on any atom is -0.496 e. The summed E-state index contributed by atoms with van der Waals surface area (Å²) >= 11 is 0. The van der Waals surface area contributed by atoms with Crippen LogP contribution in [0, 0.1) is 5.92 Å². The van der Waals surface area contributed by atoms with Gasteiger partial charge in [0.2, 0.25) is 0 Å². The Kier molecular flexibility index (Phi) is 13.5. The molecule has 1 fully saturated rings. The maximum atomic E-state index is 13.8. The smallest absolute Gasteiger partial charge is 0.260 e. The molecule has 0 saturated carbocycles. The molecule has 0 bridgehead atoms. The highest BCUT2D eigenvalue weighted by atomic mass is 16.5. The Hall–Kier alpha value is -4.34. The van der Waals surface area contributed by atoms with Gasteiger partial charge in [0.05, 0.1) is 13.7 Å². The third-order valence-electron chi connectivity index (χ3n) is 8.03. The fraction of sp³-hybridized carbons (Fsp3) is 0.405. The lowest BCUT2D eigenvalue weighted by Gasteiger charge is -2.28. The molecule has 9 nitrogen and oxygen atoms in total. The van der Waals surface area contributed by atoms with Gasteiger partial charge in [-0.2, -0.15) is 0 Å². The normalized spacial score (nSPS) is 13.7. The summed E-state index contributed by atoms with van der Waals surface area (Å²) in [6, 6.07) is 23.1. The van der Waals surface area contributed by atoms with Gasteiger partial charge in [0.15, 0.2) is 6.61 Å². The van der Waals surface area contributed by atoms with Crippen LogP contribution in [-0.2, 0) is 22.5 Å². The second-order valence-corrected chi connectivity index (χ2v) is 11.1. The molecule has 5 rings (SSSR count). The van der Waals surface area contributed by atoms with E-state index in [0.29, 0.717) is 50.7 Å². The molecule has 2 N–H and O–H groups in total. The van der Waals surface area contributed by atoms with Gasteiger partial charge in [0, 0.05) is 61.0 Å². The number of fused-ring (bicyclic) bond motifs is 1. The molecule has 46 heavy (non-hydrogen) atoms. The number of benzene rings is 3. The van der Waals surface area contributed by atoms with Crippen molar-refractivity contribution in [3.05, 3.63) is 95.7 Å². The molecule has 1 aliphatic heterocycles. The van der Waals surface area contributed by atoms with Gasteiger partial charge in [0.25, 0.3) is 11.8 Å². The lowest BCUT2D eigenvalue weighted by atomic mass is 9.97. The van der Waals surface area contributed by atoms with Crippen LogP contribution < -0.4 is 14.8 Å². The first kappa shape index (κ1) is 34.5. The second kappa shape index (κ2) is 18.0. The largest absolute Gasteiger partial charge is 0.496 e. The number of para-hydroxylation sites is 2. The fourth-order valence-corrected chi connectivity index (χ4v) is 5.77. The molecule has 246 valence electrons. The Balaban J connectivity index is 0.00000235. The summed E-state index contributed by atoms with van der Waals surface area (Å²) < 4.78 is 17.0. The van der Waals surface area contributed by atoms with Gasteiger partial charge in [-0.3, -0.25) is 9.59 Å². The average molecular weight is 629 g/mol. The molecule has 1 saturated heterocycles. The standard InChI is InChI=1S/C35H42N4O5.C2H6/c1-36-21-26(20-29-22-37-32-10-5-4-9-31(29)32)23-39(24-28-8-3-6-11-33(28)42-2)34(40)25-44-30-14-12-27(13-15-30)35(41)38-16-7-18-43-19-17-38;1-2/h3-6,8-15,22,26,36-37H,7,16-21,23-25H2,1-2H3;1-2H3. The van der Waals surface area contributed by atoms with Crippen LogP contribution in [0.2, 0.25) is 0 Å². The summed E-state index contributed by atoms with van der Waals surface area (Å²) in [6.45, 7) is 8.06. The molecule has 3 aromatic carbocycles. The van der Waals surface area contributed by atoms with Gasteiger partial charge in [-0.25, -0.2) is 0 Å². The van der Waals surface area contributed by atoms with Crippen molar-refractivity contribution in [2.45, 2.75) is 33.2 Å². The number of methoxy groups -OCH3 is 1. The number of aromatic amines is 1. The van der Waals surface area contributed by atoms with Crippen LogP contribution in [-0.4, -0.2) is 86.8 Å². The van der Waals surface area contributed by atoms with Gasteiger partial charge in [-0.15, -0.1) is 0 Å². The summed E-state index contributed by atoms with van der Waals surface area (Å²) in [5.74, 6) is 1.29. The Labute approximate surface area is 272 Å². The zero-order chi connectivity index (χ0) is 32.7. The quantitative estimate of drug-likeness (QED) is 0.202. The van der Waals surface area contributed by atoms with E-state index in [1.807, 2.05) is 67.1 Å². The molecular weight excluding hydrogens is 580 g/mol. The Bertz CT molecular complexity index is 1510. The van der Waals surface area contributed by atoms with E-state index in [0.717, 1.165) is 36.2 Å². The molecular formula is C37H48N4O5. The molecule has 1 aliphatic rings. The molecule has 2 amide bonds. The van der Waals surface area contributed by atoms with E-state index in [2.05, 4.69) is 28.6 Å². The van der Waals surface area contributed by atoms with Crippen molar-refractivity contribution in [3.8, 4) is 11.5 Å². The van der Waals surface area contributed by atoms with E-state index in [9.17, 15) is 9.59 Å². The van der Waals surface area contributed by atoms with Crippen LogP contribution in [0.4, 0.5) is 0 Å². The third-order valence-corrected chi connectivity index (χ3v) is 8.03. The molecule has 0 radical (unpaired) electrons. The van der Waals surface area contributed by atoms with E-state index >= 15 is 0 Å². The van der Waals surface area contributed by atoms with Crippen molar-refractivity contribution in [3.63, 3.8) is 0 Å². The van der Waals surface area contributed by atoms with Gasteiger partial charge < -0.3 is 34.3 Å². The van der Waals surface area contributed by atoms with Crippen molar-refractivity contribution in [2.24, 2.45) is 5.92 Å². The van der Waals surface area contributed by atoms with Gasteiger partial charge in [-0.05, 0) is 74.3 Å². The summed E-state index contributed by atoms with van der Waals surface area (Å²) in [5.41, 5.74) is 3.86. The molecule has 4 aromatic rings. The first-order chi connectivity index (χ1) is 22.6. The van der Waals surface area contributed by atoms with Crippen LogP contribution in [0.1, 0.15) is 41.8 Å². The van der Waals surface area contributed by atoms with Crippen molar-refractivity contribution in [1.29, 1.82) is 0 Å². The van der Waals surface area contributed by atoms with Crippen LogP contribution in [0.3, 0.4) is 0 Å². The predicted octanol–water partition coefficient (Wildman–Crippen LogP) is 5.55. The molecule has 1 atom stereocenters. The zero-order valence-corrected chi connectivity index (χ0v) is 27.6. The number of nitrogens with zero attached hydrogens (tertiary/aromatic N) is 2. The first-order valence-corrected chi connectivity index (χ1v) is 16.2. The average Bonchev–Trinajstić information content (AvgIpc) is 3.30. The van der Waals surface area contributed by atoms with Crippen LogP contribution in [0.5, 0.6) is 11.5 Å². The Morgan fingerprint density at radius 3 is 2.52 bits per heavy atom. The van der Waals surface area contributed by atoms with Crippen molar-refractivity contribution in [1.82, 2.24) is 20.1 Å². The summed E-state index contributed by atoms with van der Waals surface area (Å²) in [6.07, 6.45) is 3.70. The maximum Gasteiger partial charge on any atom is 0.260 e. The molecule has 0 aliphatic carbocycles. The SMILES string of the molecule is CC.CNCC(Cc1c[nH]c2ccccc12)CN(Cc1ccccc1OC)C(=O)COc1ccc(C(=O)N2CCCOCC2)cc1. The van der Waals surface area contributed by atoms with Gasteiger partial charge in [0.1, 0.15) is 11.5 Å². The van der Waals surface area contributed by atoms with Crippen molar-refractivity contribution < 1.29 is 23.8 Å². The highest BCUT2D eigenvalue weighted by Crippen LogP contribution is 2.24. The zero-order valence-electron chi connectivity index (χ0n) is 27.6. The van der Waals surface area contributed by atoms with Gasteiger partial charge in [-0.1, -0.05) is 50.2 Å². The topological polar surface area (TPSA) is 96.1 Å². The number of carbonyl (C=O) groups excluding carboxylic acids is 2.